The van der Waals surface area contributed by atoms with Gasteiger partial charge in [-0.05, 0) is 43.8 Å². The number of fused-ring (bicyclic) bond motifs is 1. The minimum atomic E-state index is -0.217. The first-order chi connectivity index (χ1) is 14.1. The quantitative estimate of drug-likeness (QED) is 0.549. The second-order valence-corrected chi connectivity index (χ2v) is 7.75. The molecule has 1 aromatic heterocycles. The first-order valence-electron chi connectivity index (χ1n) is 9.69. The number of thioether (sulfide) groups is 1. The van der Waals surface area contributed by atoms with Gasteiger partial charge in [0.1, 0.15) is 5.82 Å². The van der Waals surface area contributed by atoms with Gasteiger partial charge in [-0.1, -0.05) is 36.4 Å². The average molecular weight is 408 g/mol. The Morgan fingerprint density at radius 2 is 1.86 bits per heavy atom. The zero-order chi connectivity index (χ0) is 20.4. The van der Waals surface area contributed by atoms with E-state index in [1.807, 2.05) is 61.0 Å². The molecule has 148 valence electrons. The van der Waals surface area contributed by atoms with Gasteiger partial charge >= 0.3 is 0 Å². The van der Waals surface area contributed by atoms with Gasteiger partial charge in [-0.15, -0.1) is 0 Å². The predicted molar refractivity (Wildman–Crippen MR) is 118 cm³/mol. The summed E-state index contributed by atoms with van der Waals surface area (Å²) in [6.45, 7) is 5.58. The fourth-order valence-electron chi connectivity index (χ4n) is 3.51. The Morgan fingerprint density at radius 1 is 1.10 bits per heavy atom. The van der Waals surface area contributed by atoms with Crippen LogP contribution in [0.4, 0.5) is 4.39 Å². The molecule has 2 heterocycles. The molecule has 1 amide bonds. The second-order valence-electron chi connectivity index (χ2n) is 6.74. The van der Waals surface area contributed by atoms with E-state index in [0.29, 0.717) is 30.1 Å². The number of amides is 1. The molecule has 0 N–H and O–H groups in total. The van der Waals surface area contributed by atoms with Crippen LogP contribution in [-0.4, -0.2) is 33.6 Å². The van der Waals surface area contributed by atoms with Gasteiger partial charge in [-0.2, -0.15) is 0 Å². The maximum absolute atomic E-state index is 14.2. The van der Waals surface area contributed by atoms with Crippen LogP contribution < -0.4 is 0 Å². The van der Waals surface area contributed by atoms with Crippen molar-refractivity contribution in [1.29, 1.82) is 0 Å². The molecule has 1 fully saturated rings. The Morgan fingerprint density at radius 3 is 2.62 bits per heavy atom. The lowest BCUT2D eigenvalue weighted by Crippen LogP contribution is -2.28. The zero-order valence-corrected chi connectivity index (χ0v) is 17.2. The summed E-state index contributed by atoms with van der Waals surface area (Å²) in [6, 6.07) is 14.8. The molecule has 0 saturated carbocycles. The number of aromatic nitrogens is 1. The van der Waals surface area contributed by atoms with Crippen LogP contribution >= 0.6 is 11.8 Å². The van der Waals surface area contributed by atoms with E-state index < -0.39 is 0 Å². The lowest BCUT2D eigenvalue weighted by molar-refractivity contribution is -0.122. The first kappa shape index (κ1) is 19.5. The second kappa shape index (κ2) is 8.25. The molecule has 1 aliphatic heterocycles. The lowest BCUT2D eigenvalue weighted by atomic mass is 10.1. The highest BCUT2D eigenvalue weighted by Gasteiger charge is 2.32. The molecule has 0 unspecified atom stereocenters. The van der Waals surface area contributed by atoms with Gasteiger partial charge in [0, 0.05) is 41.3 Å². The Balaban J connectivity index is 1.76. The van der Waals surface area contributed by atoms with Crippen LogP contribution in [0.5, 0.6) is 0 Å². The van der Waals surface area contributed by atoms with Gasteiger partial charge in [-0.3, -0.25) is 14.7 Å². The number of hydrogen-bond donors (Lipinski definition) is 0. The molecular formula is C23H22FN3OS. The highest BCUT2D eigenvalue weighted by Crippen LogP contribution is 2.34. The summed E-state index contributed by atoms with van der Waals surface area (Å²) < 4.78 is 16.2. The van der Waals surface area contributed by atoms with Crippen molar-refractivity contribution in [3.63, 3.8) is 0 Å². The van der Waals surface area contributed by atoms with Crippen molar-refractivity contribution in [2.45, 2.75) is 20.4 Å². The molecule has 0 radical (unpaired) electrons. The van der Waals surface area contributed by atoms with Crippen LogP contribution in [0.15, 0.2) is 64.6 Å². The lowest BCUT2D eigenvalue weighted by Gasteiger charge is -2.11. The van der Waals surface area contributed by atoms with E-state index in [1.165, 1.54) is 17.8 Å². The summed E-state index contributed by atoms with van der Waals surface area (Å²) in [6.07, 6.45) is 3.91. The van der Waals surface area contributed by atoms with Crippen molar-refractivity contribution >= 4 is 39.8 Å². The normalized spacial score (nSPS) is 17.2. The van der Waals surface area contributed by atoms with Gasteiger partial charge in [0.15, 0.2) is 5.17 Å². The largest absolute Gasteiger partial charge is 0.342 e. The van der Waals surface area contributed by atoms with Crippen molar-refractivity contribution in [3.8, 4) is 0 Å². The third-order valence-electron chi connectivity index (χ3n) is 4.90. The third kappa shape index (κ3) is 3.72. The van der Waals surface area contributed by atoms with Gasteiger partial charge in [0.25, 0.3) is 5.91 Å². The topological polar surface area (TPSA) is 37.6 Å². The average Bonchev–Trinajstić information content (AvgIpc) is 3.22. The highest BCUT2D eigenvalue weighted by molar-refractivity contribution is 8.18. The van der Waals surface area contributed by atoms with Crippen molar-refractivity contribution in [2.75, 3.05) is 13.1 Å². The monoisotopic (exact) mass is 407 g/mol. The van der Waals surface area contributed by atoms with Gasteiger partial charge in [0.2, 0.25) is 0 Å². The maximum Gasteiger partial charge on any atom is 0.266 e. The van der Waals surface area contributed by atoms with E-state index in [2.05, 4.69) is 4.99 Å². The molecule has 2 aromatic carbocycles. The SMILES string of the molecule is CCN=C1S/C(=C/c2cn(Cc3ccccc3F)c3ccccc23)C(=O)N1CC. The molecule has 1 aliphatic rings. The molecule has 0 spiro atoms. The number of aliphatic imine (C=N–C) groups is 1. The van der Waals surface area contributed by atoms with Crippen molar-refractivity contribution in [3.05, 3.63) is 76.6 Å². The standard InChI is InChI=1S/C23H22FN3OS/c1-3-25-23-27(4-2)22(28)21(29-23)13-17-15-26(20-12-8-6-10-18(17)20)14-16-9-5-7-11-19(16)24/h5-13,15H,3-4,14H2,1-2H3/b21-13+,25-23?. The smallest absolute Gasteiger partial charge is 0.266 e. The van der Waals surface area contributed by atoms with Crippen molar-refractivity contribution in [1.82, 2.24) is 9.47 Å². The number of halogens is 1. The third-order valence-corrected chi connectivity index (χ3v) is 5.95. The van der Waals surface area contributed by atoms with Crippen LogP contribution in [0.25, 0.3) is 17.0 Å². The predicted octanol–water partition coefficient (Wildman–Crippen LogP) is 5.14. The zero-order valence-electron chi connectivity index (χ0n) is 16.4. The van der Waals surface area contributed by atoms with E-state index in [-0.39, 0.29) is 11.7 Å². The number of nitrogens with zero attached hydrogens (tertiary/aromatic N) is 3. The molecule has 29 heavy (non-hydrogen) atoms. The molecule has 0 aliphatic carbocycles. The van der Waals surface area contributed by atoms with Crippen molar-refractivity contribution in [2.24, 2.45) is 4.99 Å². The Labute approximate surface area is 173 Å². The van der Waals surface area contributed by atoms with Crippen molar-refractivity contribution < 1.29 is 9.18 Å². The van der Waals surface area contributed by atoms with Crippen LogP contribution in [0.3, 0.4) is 0 Å². The van der Waals surface area contributed by atoms with E-state index in [9.17, 15) is 9.18 Å². The maximum atomic E-state index is 14.2. The number of benzene rings is 2. The number of amidine groups is 1. The molecule has 0 bridgehead atoms. The van der Waals surface area contributed by atoms with E-state index in [1.54, 1.807) is 17.0 Å². The molecule has 6 heteroatoms. The molecule has 3 aromatic rings. The number of rotatable bonds is 5. The first-order valence-corrected chi connectivity index (χ1v) is 10.5. The van der Waals surface area contributed by atoms with Crippen LogP contribution in [0.1, 0.15) is 25.0 Å². The summed E-state index contributed by atoms with van der Waals surface area (Å²) >= 11 is 1.41. The van der Waals surface area contributed by atoms with Crippen LogP contribution in [-0.2, 0) is 11.3 Å². The summed E-state index contributed by atoms with van der Waals surface area (Å²) in [7, 11) is 0. The summed E-state index contributed by atoms with van der Waals surface area (Å²) in [5.41, 5.74) is 2.59. The Kier molecular flexibility index (Phi) is 5.53. The minimum Gasteiger partial charge on any atom is -0.342 e. The Hall–Kier alpha value is -2.86. The number of hydrogen-bond acceptors (Lipinski definition) is 3. The summed E-state index contributed by atoms with van der Waals surface area (Å²) in [4.78, 5) is 19.6. The molecule has 4 nitrogen and oxygen atoms in total. The summed E-state index contributed by atoms with van der Waals surface area (Å²) in [5.74, 6) is -0.235. The summed E-state index contributed by atoms with van der Waals surface area (Å²) in [5, 5.41) is 1.79. The van der Waals surface area contributed by atoms with Gasteiger partial charge < -0.3 is 4.57 Å². The van der Waals surface area contributed by atoms with E-state index in [0.717, 1.165) is 21.6 Å². The molecule has 0 atom stereocenters. The number of carbonyl (C=O) groups excluding carboxylic acids is 1. The van der Waals surface area contributed by atoms with E-state index >= 15 is 0 Å². The number of carbonyl (C=O) groups is 1. The van der Waals surface area contributed by atoms with Crippen LogP contribution in [0, 0.1) is 5.82 Å². The van der Waals surface area contributed by atoms with E-state index in [4.69, 9.17) is 0 Å². The molecular weight excluding hydrogens is 385 g/mol. The Bertz CT molecular complexity index is 1130. The number of likely N-dealkylation sites (N-methyl/N-ethyl adjacent to an activating group) is 1. The fourth-order valence-corrected chi connectivity index (χ4v) is 4.61. The minimum absolute atomic E-state index is 0.0179. The number of para-hydroxylation sites is 1. The molecule has 1 saturated heterocycles. The van der Waals surface area contributed by atoms with Gasteiger partial charge in [0.05, 0.1) is 11.4 Å². The molecule has 4 rings (SSSR count). The van der Waals surface area contributed by atoms with Crippen LogP contribution in [0.2, 0.25) is 0 Å². The fraction of sp³-hybridized carbons (Fsp3) is 0.217. The van der Waals surface area contributed by atoms with Gasteiger partial charge in [-0.25, -0.2) is 4.39 Å². The highest BCUT2D eigenvalue weighted by atomic mass is 32.2.